The van der Waals surface area contributed by atoms with Gasteiger partial charge in [0.05, 0.1) is 24.2 Å². The third kappa shape index (κ3) is 4.21. The molecule has 0 spiro atoms. The van der Waals surface area contributed by atoms with Gasteiger partial charge in [-0.2, -0.15) is 0 Å². The monoisotopic (exact) mass is 298 g/mol. The van der Waals surface area contributed by atoms with Gasteiger partial charge in [-0.25, -0.2) is 8.42 Å². The molecular formula is C15H22O4S. The number of sulfone groups is 1. The van der Waals surface area contributed by atoms with E-state index in [2.05, 4.69) is 0 Å². The number of benzene rings is 1. The minimum Gasteiger partial charge on any atom is -0.497 e. The normalized spacial score (nSPS) is 18.7. The molecule has 1 aromatic rings. The summed E-state index contributed by atoms with van der Waals surface area (Å²) in [6.45, 7) is 0. The van der Waals surface area contributed by atoms with Crippen molar-refractivity contribution in [2.24, 2.45) is 0 Å². The van der Waals surface area contributed by atoms with Gasteiger partial charge in [0.2, 0.25) is 0 Å². The molecule has 1 aromatic carbocycles. The Kier molecular flexibility index (Phi) is 4.70. The SMILES string of the molecule is COc1cccc(CS(=O)(=O)CC2(O)CCCCC2)c1. The summed E-state index contributed by atoms with van der Waals surface area (Å²) in [6, 6.07) is 7.05. The fourth-order valence-electron chi connectivity index (χ4n) is 2.83. The Morgan fingerprint density at radius 1 is 1.25 bits per heavy atom. The first kappa shape index (κ1) is 15.3. The molecule has 20 heavy (non-hydrogen) atoms. The van der Waals surface area contributed by atoms with Gasteiger partial charge in [0.25, 0.3) is 0 Å². The van der Waals surface area contributed by atoms with E-state index in [0.29, 0.717) is 24.2 Å². The molecule has 112 valence electrons. The fraction of sp³-hybridized carbons (Fsp3) is 0.600. The molecule has 0 amide bonds. The molecule has 0 bridgehead atoms. The number of methoxy groups -OCH3 is 1. The zero-order chi connectivity index (χ0) is 14.6. The minimum absolute atomic E-state index is 0.0491. The van der Waals surface area contributed by atoms with E-state index in [9.17, 15) is 13.5 Å². The van der Waals surface area contributed by atoms with Crippen LogP contribution in [-0.2, 0) is 15.6 Å². The van der Waals surface area contributed by atoms with Crippen LogP contribution in [0, 0.1) is 0 Å². The summed E-state index contributed by atoms with van der Waals surface area (Å²) >= 11 is 0. The molecule has 5 heteroatoms. The van der Waals surface area contributed by atoms with Gasteiger partial charge in [0, 0.05) is 0 Å². The lowest BCUT2D eigenvalue weighted by Gasteiger charge is -2.31. The number of rotatable bonds is 5. The average Bonchev–Trinajstić information content (AvgIpc) is 2.37. The molecule has 0 radical (unpaired) electrons. The maximum absolute atomic E-state index is 12.3. The van der Waals surface area contributed by atoms with E-state index in [0.717, 1.165) is 19.3 Å². The van der Waals surface area contributed by atoms with E-state index >= 15 is 0 Å². The lowest BCUT2D eigenvalue weighted by Crippen LogP contribution is -2.39. The topological polar surface area (TPSA) is 63.6 Å². The molecule has 0 aromatic heterocycles. The second kappa shape index (κ2) is 6.14. The van der Waals surface area contributed by atoms with Crippen molar-refractivity contribution in [1.82, 2.24) is 0 Å². The summed E-state index contributed by atoms with van der Waals surface area (Å²) < 4.78 is 29.6. The van der Waals surface area contributed by atoms with Crippen molar-refractivity contribution in [2.75, 3.05) is 12.9 Å². The highest BCUT2D eigenvalue weighted by atomic mass is 32.2. The van der Waals surface area contributed by atoms with Gasteiger partial charge in [-0.3, -0.25) is 0 Å². The van der Waals surface area contributed by atoms with E-state index in [1.54, 1.807) is 31.4 Å². The maximum atomic E-state index is 12.3. The summed E-state index contributed by atoms with van der Waals surface area (Å²) in [5.74, 6) is 0.457. The smallest absolute Gasteiger partial charge is 0.157 e. The van der Waals surface area contributed by atoms with Gasteiger partial charge in [-0.15, -0.1) is 0 Å². The first-order chi connectivity index (χ1) is 9.42. The van der Waals surface area contributed by atoms with Gasteiger partial charge in [-0.05, 0) is 30.5 Å². The molecule has 1 N–H and O–H groups in total. The molecule has 0 unspecified atom stereocenters. The highest BCUT2D eigenvalue weighted by Gasteiger charge is 2.34. The molecule has 1 aliphatic rings. The molecule has 0 atom stereocenters. The van der Waals surface area contributed by atoms with Crippen molar-refractivity contribution in [1.29, 1.82) is 0 Å². The Morgan fingerprint density at radius 2 is 1.95 bits per heavy atom. The predicted molar refractivity (Wildman–Crippen MR) is 78.5 cm³/mol. The Labute approximate surface area is 120 Å². The Hall–Kier alpha value is -1.07. The number of ether oxygens (including phenoxy) is 1. The van der Waals surface area contributed by atoms with Gasteiger partial charge < -0.3 is 9.84 Å². The van der Waals surface area contributed by atoms with Crippen LogP contribution < -0.4 is 4.74 Å². The second-order valence-corrected chi connectivity index (χ2v) is 7.73. The van der Waals surface area contributed by atoms with Crippen LogP contribution in [0.2, 0.25) is 0 Å². The summed E-state index contributed by atoms with van der Waals surface area (Å²) in [6.07, 6.45) is 4.07. The lowest BCUT2D eigenvalue weighted by atomic mass is 9.86. The standard InChI is InChI=1S/C15H22O4S/c1-19-14-7-5-6-13(10-14)11-20(17,18)12-15(16)8-3-2-4-9-15/h5-7,10,16H,2-4,8-9,11-12H2,1H3. The molecule has 4 nitrogen and oxygen atoms in total. The van der Waals surface area contributed by atoms with Crippen LogP contribution >= 0.6 is 0 Å². The van der Waals surface area contributed by atoms with E-state index < -0.39 is 15.4 Å². The van der Waals surface area contributed by atoms with Gasteiger partial charge in [0.1, 0.15) is 5.75 Å². The van der Waals surface area contributed by atoms with Crippen LogP contribution in [0.5, 0.6) is 5.75 Å². The first-order valence-electron chi connectivity index (χ1n) is 6.98. The molecule has 2 rings (SSSR count). The van der Waals surface area contributed by atoms with Gasteiger partial charge >= 0.3 is 0 Å². The number of hydrogen-bond donors (Lipinski definition) is 1. The second-order valence-electron chi connectivity index (χ2n) is 5.67. The van der Waals surface area contributed by atoms with Crippen molar-refractivity contribution in [3.05, 3.63) is 29.8 Å². The number of hydrogen-bond acceptors (Lipinski definition) is 4. The van der Waals surface area contributed by atoms with Crippen molar-refractivity contribution < 1.29 is 18.3 Å². The quantitative estimate of drug-likeness (QED) is 0.906. The summed E-state index contributed by atoms with van der Waals surface area (Å²) in [4.78, 5) is 0. The zero-order valence-corrected chi connectivity index (χ0v) is 12.7. The van der Waals surface area contributed by atoms with E-state index in [4.69, 9.17) is 4.74 Å². The van der Waals surface area contributed by atoms with Crippen molar-refractivity contribution >= 4 is 9.84 Å². The first-order valence-corrected chi connectivity index (χ1v) is 8.80. The van der Waals surface area contributed by atoms with E-state index in [1.807, 2.05) is 0 Å². The predicted octanol–water partition coefficient (Wildman–Crippen LogP) is 2.31. The molecule has 1 fully saturated rings. The fourth-order valence-corrected chi connectivity index (χ4v) is 4.73. The van der Waals surface area contributed by atoms with Crippen molar-refractivity contribution in [2.45, 2.75) is 43.5 Å². The molecule has 0 saturated heterocycles. The third-order valence-electron chi connectivity index (χ3n) is 3.79. The van der Waals surface area contributed by atoms with E-state index in [1.165, 1.54) is 0 Å². The highest BCUT2D eigenvalue weighted by molar-refractivity contribution is 7.90. The highest BCUT2D eigenvalue weighted by Crippen LogP contribution is 2.30. The molecule has 1 aliphatic carbocycles. The molecule has 0 aliphatic heterocycles. The minimum atomic E-state index is -3.32. The lowest BCUT2D eigenvalue weighted by molar-refractivity contribution is 0.0257. The summed E-state index contributed by atoms with van der Waals surface area (Å²) in [7, 11) is -1.77. The van der Waals surface area contributed by atoms with Crippen LogP contribution in [0.25, 0.3) is 0 Å². The largest absolute Gasteiger partial charge is 0.497 e. The maximum Gasteiger partial charge on any atom is 0.157 e. The van der Waals surface area contributed by atoms with Crippen LogP contribution in [0.4, 0.5) is 0 Å². The molecule has 0 heterocycles. The summed E-state index contributed by atoms with van der Waals surface area (Å²) in [5.41, 5.74) is -0.334. The van der Waals surface area contributed by atoms with Crippen LogP contribution in [0.3, 0.4) is 0 Å². The Balaban J connectivity index is 2.06. The third-order valence-corrected chi connectivity index (χ3v) is 5.54. The molecule has 1 saturated carbocycles. The summed E-state index contributed by atoms with van der Waals surface area (Å²) in [5, 5.41) is 10.4. The zero-order valence-electron chi connectivity index (χ0n) is 11.8. The van der Waals surface area contributed by atoms with Gasteiger partial charge in [-0.1, -0.05) is 31.4 Å². The molecular weight excluding hydrogens is 276 g/mol. The van der Waals surface area contributed by atoms with Crippen molar-refractivity contribution in [3.63, 3.8) is 0 Å². The average molecular weight is 298 g/mol. The van der Waals surface area contributed by atoms with E-state index in [-0.39, 0.29) is 11.5 Å². The van der Waals surface area contributed by atoms with Crippen LogP contribution in [0.15, 0.2) is 24.3 Å². The van der Waals surface area contributed by atoms with Gasteiger partial charge in [0.15, 0.2) is 9.84 Å². The Morgan fingerprint density at radius 3 is 2.60 bits per heavy atom. The van der Waals surface area contributed by atoms with Crippen molar-refractivity contribution in [3.8, 4) is 5.75 Å². The van der Waals surface area contributed by atoms with Crippen LogP contribution in [0.1, 0.15) is 37.7 Å². The number of aliphatic hydroxyl groups is 1. The van der Waals surface area contributed by atoms with Crippen LogP contribution in [-0.4, -0.2) is 32.0 Å². The Bertz CT molecular complexity index is 545.